The number of benzene rings is 1. The maximum atomic E-state index is 12.8. The summed E-state index contributed by atoms with van der Waals surface area (Å²) in [5, 5.41) is 6.58. The van der Waals surface area contributed by atoms with Crippen molar-refractivity contribution in [1.82, 2.24) is 10.6 Å². The average Bonchev–Trinajstić information content (AvgIpc) is 3.12. The van der Waals surface area contributed by atoms with Crippen molar-refractivity contribution in [3.8, 4) is 5.75 Å². The molecule has 1 aliphatic carbocycles. The zero-order valence-corrected chi connectivity index (χ0v) is 14.9. The van der Waals surface area contributed by atoms with Gasteiger partial charge in [0.1, 0.15) is 17.7 Å². The molecule has 2 N–H and O–H groups in total. The lowest BCUT2D eigenvalue weighted by atomic mass is 10.3. The van der Waals surface area contributed by atoms with Crippen molar-refractivity contribution in [1.29, 1.82) is 0 Å². The van der Waals surface area contributed by atoms with Crippen LogP contribution < -0.4 is 15.4 Å². The van der Waals surface area contributed by atoms with Crippen molar-refractivity contribution in [2.75, 3.05) is 13.6 Å². The first kappa shape index (κ1) is 18.0. The Hall–Kier alpha value is -1.05. The summed E-state index contributed by atoms with van der Waals surface area (Å²) in [5.41, 5.74) is 0. The van der Waals surface area contributed by atoms with Crippen molar-refractivity contribution in [3.63, 3.8) is 0 Å². The van der Waals surface area contributed by atoms with Crippen LogP contribution in [0.15, 0.2) is 29.3 Å². The number of hydrogen-bond donors (Lipinski definition) is 2. The minimum absolute atomic E-state index is 0. The normalized spacial score (nSPS) is 22.0. The van der Waals surface area contributed by atoms with Crippen molar-refractivity contribution in [2.24, 2.45) is 10.9 Å². The van der Waals surface area contributed by atoms with Crippen LogP contribution in [0.5, 0.6) is 5.75 Å². The fourth-order valence-corrected chi connectivity index (χ4v) is 1.92. The second-order valence-electron chi connectivity index (χ2n) is 5.30. The van der Waals surface area contributed by atoms with Crippen molar-refractivity contribution in [2.45, 2.75) is 32.4 Å². The molecule has 3 unspecified atom stereocenters. The van der Waals surface area contributed by atoms with Crippen LogP contribution in [-0.4, -0.2) is 31.7 Å². The minimum atomic E-state index is -0.258. The Morgan fingerprint density at radius 3 is 2.57 bits per heavy atom. The number of guanidine groups is 1. The van der Waals surface area contributed by atoms with Gasteiger partial charge in [-0.3, -0.25) is 4.99 Å². The molecule has 0 heterocycles. The fourth-order valence-electron chi connectivity index (χ4n) is 1.92. The van der Waals surface area contributed by atoms with Gasteiger partial charge in [0.25, 0.3) is 0 Å². The summed E-state index contributed by atoms with van der Waals surface area (Å²) in [5.74, 6) is 1.93. The summed E-state index contributed by atoms with van der Waals surface area (Å²) in [4.78, 5) is 4.18. The number of rotatable bonds is 5. The molecule has 6 heteroatoms. The van der Waals surface area contributed by atoms with E-state index < -0.39 is 0 Å². The van der Waals surface area contributed by atoms with Gasteiger partial charge in [0.05, 0.1) is 6.54 Å². The first-order valence-corrected chi connectivity index (χ1v) is 6.98. The molecule has 1 fully saturated rings. The number of hydrogen-bond acceptors (Lipinski definition) is 2. The van der Waals surface area contributed by atoms with Crippen LogP contribution in [-0.2, 0) is 0 Å². The SMILES string of the molecule is CN=C(NCC(C)Oc1ccc(F)cc1)NC1CC1C.I. The molecule has 0 radical (unpaired) electrons. The smallest absolute Gasteiger partial charge is 0.191 e. The molecule has 0 bridgehead atoms. The summed E-state index contributed by atoms with van der Waals surface area (Å²) < 4.78 is 18.5. The highest BCUT2D eigenvalue weighted by Gasteiger charge is 2.33. The highest BCUT2D eigenvalue weighted by Crippen LogP contribution is 2.28. The van der Waals surface area contributed by atoms with E-state index in [9.17, 15) is 4.39 Å². The van der Waals surface area contributed by atoms with Gasteiger partial charge in [-0.1, -0.05) is 6.92 Å². The molecule has 118 valence electrons. The second kappa shape index (κ2) is 8.41. The molecule has 21 heavy (non-hydrogen) atoms. The molecular weight excluding hydrogens is 384 g/mol. The quantitative estimate of drug-likeness (QED) is 0.449. The standard InChI is InChI=1S/C15H22FN3O.HI/c1-10-8-14(10)19-15(17-3)18-9-11(2)20-13-6-4-12(16)5-7-13;/h4-7,10-11,14H,8-9H2,1-3H3,(H2,17,18,19);1H. The third kappa shape index (κ3) is 6.07. The number of halogens is 2. The van der Waals surface area contributed by atoms with Gasteiger partial charge in [0, 0.05) is 13.1 Å². The van der Waals surface area contributed by atoms with Gasteiger partial charge in [-0.2, -0.15) is 0 Å². The highest BCUT2D eigenvalue weighted by molar-refractivity contribution is 14.0. The molecule has 0 amide bonds. The van der Waals surface area contributed by atoms with Gasteiger partial charge < -0.3 is 15.4 Å². The molecule has 1 aromatic rings. The predicted octanol–water partition coefficient (Wildman–Crippen LogP) is 2.78. The summed E-state index contributed by atoms with van der Waals surface area (Å²) >= 11 is 0. The molecule has 0 saturated heterocycles. The largest absolute Gasteiger partial charge is 0.489 e. The molecule has 0 aliphatic heterocycles. The van der Waals surface area contributed by atoms with Crippen LogP contribution >= 0.6 is 24.0 Å². The maximum absolute atomic E-state index is 12.8. The number of aliphatic imine (C=N–C) groups is 1. The van der Waals surface area contributed by atoms with Gasteiger partial charge >= 0.3 is 0 Å². The van der Waals surface area contributed by atoms with E-state index in [1.807, 2.05) is 6.92 Å². The van der Waals surface area contributed by atoms with Crippen LogP contribution in [0.3, 0.4) is 0 Å². The van der Waals surface area contributed by atoms with E-state index >= 15 is 0 Å². The first-order valence-electron chi connectivity index (χ1n) is 6.98. The molecular formula is C15H23FIN3O. The average molecular weight is 407 g/mol. The van der Waals surface area contributed by atoms with Crippen LogP contribution in [0.2, 0.25) is 0 Å². The summed E-state index contributed by atoms with van der Waals surface area (Å²) in [7, 11) is 1.76. The maximum Gasteiger partial charge on any atom is 0.191 e. The topological polar surface area (TPSA) is 45.7 Å². The number of ether oxygens (including phenoxy) is 1. The van der Waals surface area contributed by atoms with E-state index in [0.29, 0.717) is 18.3 Å². The zero-order chi connectivity index (χ0) is 14.5. The van der Waals surface area contributed by atoms with Gasteiger partial charge in [-0.15, -0.1) is 24.0 Å². The van der Waals surface area contributed by atoms with E-state index in [2.05, 4.69) is 22.5 Å². The number of nitrogens with zero attached hydrogens (tertiary/aromatic N) is 1. The Morgan fingerprint density at radius 2 is 2.05 bits per heavy atom. The Bertz CT molecular complexity index is 466. The first-order chi connectivity index (χ1) is 9.58. The van der Waals surface area contributed by atoms with Gasteiger partial charge in [-0.25, -0.2) is 4.39 Å². The van der Waals surface area contributed by atoms with Crippen LogP contribution in [0, 0.1) is 11.7 Å². The third-order valence-electron chi connectivity index (χ3n) is 3.36. The van der Waals surface area contributed by atoms with E-state index in [0.717, 1.165) is 11.9 Å². The van der Waals surface area contributed by atoms with Gasteiger partial charge in [0.15, 0.2) is 5.96 Å². The monoisotopic (exact) mass is 407 g/mol. The lowest BCUT2D eigenvalue weighted by Gasteiger charge is -2.17. The minimum Gasteiger partial charge on any atom is -0.489 e. The summed E-state index contributed by atoms with van der Waals surface area (Å²) in [6, 6.07) is 6.58. The Morgan fingerprint density at radius 1 is 1.43 bits per heavy atom. The number of nitrogens with one attached hydrogen (secondary N) is 2. The predicted molar refractivity (Wildman–Crippen MR) is 94.0 cm³/mol. The zero-order valence-electron chi connectivity index (χ0n) is 12.6. The van der Waals surface area contributed by atoms with E-state index in [4.69, 9.17) is 4.74 Å². The van der Waals surface area contributed by atoms with Crippen LogP contribution in [0.4, 0.5) is 4.39 Å². The molecule has 0 aromatic heterocycles. The van der Waals surface area contributed by atoms with E-state index in [1.165, 1.54) is 18.6 Å². The Balaban J connectivity index is 0.00000220. The molecule has 1 aromatic carbocycles. The van der Waals surface area contributed by atoms with Crippen LogP contribution in [0.1, 0.15) is 20.3 Å². The Labute approximate surface area is 142 Å². The lowest BCUT2D eigenvalue weighted by Crippen LogP contribution is -2.43. The van der Waals surface area contributed by atoms with E-state index in [-0.39, 0.29) is 35.9 Å². The molecule has 3 atom stereocenters. The Kier molecular flexibility index (Phi) is 7.21. The molecule has 1 aliphatic rings. The third-order valence-corrected chi connectivity index (χ3v) is 3.36. The highest BCUT2D eigenvalue weighted by atomic mass is 127. The van der Waals surface area contributed by atoms with Gasteiger partial charge in [0.2, 0.25) is 0 Å². The van der Waals surface area contributed by atoms with Gasteiger partial charge in [-0.05, 0) is 43.5 Å². The summed E-state index contributed by atoms with van der Waals surface area (Å²) in [6.45, 7) is 4.81. The van der Waals surface area contributed by atoms with E-state index in [1.54, 1.807) is 19.2 Å². The van der Waals surface area contributed by atoms with Crippen molar-refractivity contribution in [3.05, 3.63) is 30.1 Å². The lowest BCUT2D eigenvalue weighted by molar-refractivity contribution is 0.223. The fraction of sp³-hybridized carbons (Fsp3) is 0.533. The van der Waals surface area contributed by atoms with Crippen molar-refractivity contribution >= 4 is 29.9 Å². The summed E-state index contributed by atoms with van der Waals surface area (Å²) in [6.07, 6.45) is 1.16. The molecule has 0 spiro atoms. The molecule has 1 saturated carbocycles. The molecule has 2 rings (SSSR count). The van der Waals surface area contributed by atoms with Crippen LogP contribution in [0.25, 0.3) is 0 Å². The second-order valence-corrected chi connectivity index (χ2v) is 5.30. The van der Waals surface area contributed by atoms with Crippen molar-refractivity contribution < 1.29 is 9.13 Å². The molecule has 4 nitrogen and oxygen atoms in total.